The topological polar surface area (TPSA) is 38.8 Å². The van der Waals surface area contributed by atoms with Gasteiger partial charge in [0.15, 0.2) is 11.5 Å². The summed E-state index contributed by atoms with van der Waals surface area (Å²) >= 11 is 0. The number of hydrogen-bond donors (Lipinski definition) is 0. The second-order valence-corrected chi connectivity index (χ2v) is 6.75. The van der Waals surface area contributed by atoms with Crippen molar-refractivity contribution in [1.29, 1.82) is 0 Å². The molecule has 0 spiro atoms. The molecule has 4 aliphatic rings. The number of carbonyl (C=O) groups is 1. The van der Waals surface area contributed by atoms with Crippen molar-refractivity contribution in [3.8, 4) is 0 Å². The average molecular weight is 251 g/mol. The Kier molecular flexibility index (Phi) is 2.00. The monoisotopic (exact) mass is 251 g/mol. The minimum Gasteiger partial charge on any atom is -0.379 e. The Morgan fingerprint density at radius 3 is 2.61 bits per heavy atom. The molecule has 0 amide bonds. The zero-order chi connectivity index (χ0) is 12.6. The molecule has 2 saturated carbocycles. The fourth-order valence-corrected chi connectivity index (χ4v) is 5.01. The van der Waals surface area contributed by atoms with Crippen molar-refractivity contribution in [2.45, 2.75) is 32.4 Å². The molecule has 18 heavy (non-hydrogen) atoms. The highest BCUT2D eigenvalue weighted by Gasteiger charge is 2.81. The van der Waals surface area contributed by atoms with Gasteiger partial charge in [-0.15, -0.1) is 0 Å². The lowest BCUT2D eigenvalue weighted by molar-refractivity contribution is -0.200. The van der Waals surface area contributed by atoms with Crippen LogP contribution in [0.15, 0.2) is 0 Å². The summed E-state index contributed by atoms with van der Waals surface area (Å²) in [5.74, 6) is 0.738. The zero-order valence-electron chi connectivity index (χ0n) is 11.2. The third-order valence-corrected chi connectivity index (χ3v) is 6.33. The van der Waals surface area contributed by atoms with E-state index in [2.05, 4.69) is 18.7 Å². The second kappa shape index (κ2) is 3.17. The third-order valence-electron chi connectivity index (χ3n) is 6.33. The molecule has 0 aromatic carbocycles. The van der Waals surface area contributed by atoms with Gasteiger partial charge in [0.1, 0.15) is 0 Å². The van der Waals surface area contributed by atoms with Crippen molar-refractivity contribution in [2.75, 3.05) is 32.9 Å². The second-order valence-electron chi connectivity index (χ2n) is 6.75. The number of ether oxygens (including phenoxy) is 2. The highest BCUT2D eigenvalue weighted by atomic mass is 16.5. The molecule has 0 N–H and O–H groups in total. The van der Waals surface area contributed by atoms with Crippen LogP contribution in [0.1, 0.15) is 26.7 Å². The molecule has 4 fully saturated rings. The first-order valence-electron chi connectivity index (χ1n) is 7.07. The Morgan fingerprint density at radius 2 is 2.00 bits per heavy atom. The summed E-state index contributed by atoms with van der Waals surface area (Å²) in [4.78, 5) is 15.2. The van der Waals surface area contributed by atoms with Crippen LogP contribution in [0.2, 0.25) is 0 Å². The highest BCUT2D eigenvalue weighted by Crippen LogP contribution is 2.72. The van der Waals surface area contributed by atoms with Crippen molar-refractivity contribution < 1.29 is 14.3 Å². The molecule has 0 aromatic heterocycles. The Labute approximate surface area is 108 Å². The maximum Gasteiger partial charge on any atom is 0.186 e. The smallest absolute Gasteiger partial charge is 0.186 e. The van der Waals surface area contributed by atoms with Crippen molar-refractivity contribution >= 4 is 5.78 Å². The van der Waals surface area contributed by atoms with Crippen LogP contribution in [0.4, 0.5) is 0 Å². The van der Waals surface area contributed by atoms with Gasteiger partial charge >= 0.3 is 0 Å². The van der Waals surface area contributed by atoms with Gasteiger partial charge in [-0.2, -0.15) is 0 Å². The lowest BCUT2D eigenvalue weighted by atomic mass is 9.69. The first-order valence-corrected chi connectivity index (χ1v) is 7.07. The van der Waals surface area contributed by atoms with Gasteiger partial charge in [-0.3, -0.25) is 9.69 Å². The summed E-state index contributed by atoms with van der Waals surface area (Å²) in [5.41, 5.74) is -0.706. The molecule has 2 aliphatic carbocycles. The van der Waals surface area contributed by atoms with E-state index in [1.165, 1.54) is 0 Å². The van der Waals surface area contributed by atoms with Crippen LogP contribution < -0.4 is 0 Å². The van der Waals surface area contributed by atoms with Crippen molar-refractivity contribution in [3.05, 3.63) is 0 Å². The van der Waals surface area contributed by atoms with Gasteiger partial charge in [0.2, 0.25) is 0 Å². The zero-order valence-corrected chi connectivity index (χ0v) is 11.2. The lowest BCUT2D eigenvalue weighted by Crippen LogP contribution is -2.63. The number of nitrogens with zero attached hydrogens (tertiary/aromatic N) is 1. The Hall–Kier alpha value is -0.450. The van der Waals surface area contributed by atoms with E-state index < -0.39 is 5.72 Å². The molecule has 0 radical (unpaired) electrons. The van der Waals surface area contributed by atoms with Crippen molar-refractivity contribution in [2.24, 2.45) is 16.7 Å². The molecule has 4 nitrogen and oxygen atoms in total. The fourth-order valence-electron chi connectivity index (χ4n) is 5.01. The van der Waals surface area contributed by atoms with Gasteiger partial charge in [0.25, 0.3) is 0 Å². The summed E-state index contributed by atoms with van der Waals surface area (Å²) in [6.45, 7) is 8.27. The molecule has 2 saturated heterocycles. The molecule has 4 heteroatoms. The van der Waals surface area contributed by atoms with Crippen LogP contribution >= 0.6 is 0 Å². The summed E-state index contributed by atoms with van der Waals surface area (Å²) in [6.07, 6.45) is 2.18. The molecule has 0 aromatic rings. The predicted molar refractivity (Wildman–Crippen MR) is 65.0 cm³/mol. The number of ketones is 1. The van der Waals surface area contributed by atoms with Crippen molar-refractivity contribution in [3.63, 3.8) is 0 Å². The Morgan fingerprint density at radius 1 is 1.28 bits per heavy atom. The lowest BCUT2D eigenvalue weighted by Gasteiger charge is -2.47. The standard InChI is InChI=1S/C14H21NO3/c1-12-4-3-10-13(12,2)9-18-14(10,11(12)16)15-5-7-17-8-6-15/h10H,3-9H2,1-2H3/t10-,12+,13-,14-/m1/s1. The molecule has 2 aliphatic heterocycles. The van der Waals surface area contributed by atoms with E-state index in [0.29, 0.717) is 11.7 Å². The minimum absolute atomic E-state index is 0.0579. The first kappa shape index (κ1) is 11.4. The van der Waals surface area contributed by atoms with E-state index in [-0.39, 0.29) is 10.8 Å². The maximum atomic E-state index is 13.0. The predicted octanol–water partition coefficient (Wildman–Crippen LogP) is 1.05. The van der Waals surface area contributed by atoms with Crippen molar-refractivity contribution in [1.82, 2.24) is 4.90 Å². The van der Waals surface area contributed by atoms with Crippen LogP contribution in [0.3, 0.4) is 0 Å². The van der Waals surface area contributed by atoms with Gasteiger partial charge in [0, 0.05) is 29.8 Å². The molecule has 4 atom stereocenters. The molecule has 4 bridgehead atoms. The van der Waals surface area contributed by atoms with Gasteiger partial charge in [-0.05, 0) is 12.8 Å². The van der Waals surface area contributed by atoms with Gasteiger partial charge < -0.3 is 9.47 Å². The Balaban J connectivity index is 1.80. The molecule has 2 heterocycles. The summed E-state index contributed by atoms with van der Waals surface area (Å²) < 4.78 is 11.5. The van der Waals surface area contributed by atoms with E-state index in [1.807, 2.05) is 0 Å². The van der Waals surface area contributed by atoms with E-state index in [1.54, 1.807) is 0 Å². The molecular weight excluding hydrogens is 230 g/mol. The molecule has 4 rings (SSSR count). The van der Waals surface area contributed by atoms with Gasteiger partial charge in [-0.25, -0.2) is 0 Å². The van der Waals surface area contributed by atoms with Crippen LogP contribution in [0.25, 0.3) is 0 Å². The summed E-state index contributed by atoms with van der Waals surface area (Å²) in [5, 5.41) is 0. The third kappa shape index (κ3) is 0.928. The van der Waals surface area contributed by atoms with E-state index in [4.69, 9.17) is 9.47 Å². The van der Waals surface area contributed by atoms with Crippen LogP contribution in [-0.2, 0) is 14.3 Å². The van der Waals surface area contributed by atoms with Crippen LogP contribution in [-0.4, -0.2) is 49.3 Å². The van der Waals surface area contributed by atoms with E-state index in [0.717, 1.165) is 45.8 Å². The maximum absolute atomic E-state index is 13.0. The van der Waals surface area contributed by atoms with E-state index in [9.17, 15) is 4.79 Å². The number of morpholine rings is 1. The summed E-state index contributed by atoms with van der Waals surface area (Å²) in [6, 6.07) is 0. The number of rotatable bonds is 1. The molecular formula is C14H21NO3. The van der Waals surface area contributed by atoms with Crippen LogP contribution in [0.5, 0.6) is 0 Å². The number of carbonyl (C=O) groups excluding carboxylic acids is 1. The SMILES string of the molecule is C[C@@]12CC[C@H]3[C@@](N4CCOCC4)(OC[C@]31C)C2=O. The normalized spacial score (nSPS) is 55.4. The molecule has 0 unspecified atom stereocenters. The van der Waals surface area contributed by atoms with Crippen LogP contribution in [0, 0.1) is 16.7 Å². The van der Waals surface area contributed by atoms with E-state index >= 15 is 0 Å². The molecule has 100 valence electrons. The minimum atomic E-state index is -0.606. The first-order chi connectivity index (χ1) is 8.56. The number of hydrogen-bond acceptors (Lipinski definition) is 4. The largest absolute Gasteiger partial charge is 0.379 e. The van der Waals surface area contributed by atoms with Gasteiger partial charge in [-0.1, -0.05) is 13.8 Å². The summed E-state index contributed by atoms with van der Waals surface area (Å²) in [7, 11) is 0. The fraction of sp³-hybridized carbons (Fsp3) is 0.929. The average Bonchev–Trinajstić information content (AvgIpc) is 2.88. The Bertz CT molecular complexity index is 419. The quantitative estimate of drug-likeness (QED) is 0.698. The number of Topliss-reactive ketones (excluding diaryl/α,β-unsaturated/α-hetero) is 1. The van der Waals surface area contributed by atoms with Gasteiger partial charge in [0.05, 0.1) is 19.8 Å². The highest BCUT2D eigenvalue weighted by molar-refractivity contribution is 5.98.